The molecule has 2 amide bonds. The highest BCUT2D eigenvalue weighted by atomic mass is 79.9. The second-order valence-corrected chi connectivity index (χ2v) is 5.64. The fraction of sp³-hybridized carbons (Fsp3) is 0.615. The zero-order chi connectivity index (χ0) is 14.9. The number of imide groups is 1. The monoisotopic (exact) mass is 342 g/mol. The van der Waals surface area contributed by atoms with Gasteiger partial charge in [-0.05, 0) is 28.8 Å². The van der Waals surface area contributed by atoms with Crippen LogP contribution in [0.25, 0.3) is 0 Å². The molecule has 1 aromatic heterocycles. The molecular formula is C13H19BrN4O2. The molecule has 1 aliphatic rings. The predicted molar refractivity (Wildman–Crippen MR) is 77.9 cm³/mol. The first kappa shape index (κ1) is 15.2. The molecule has 20 heavy (non-hydrogen) atoms. The van der Waals surface area contributed by atoms with Crippen molar-refractivity contribution in [2.24, 2.45) is 7.05 Å². The number of halogens is 1. The molecule has 7 heteroatoms. The Kier molecular flexibility index (Phi) is 4.59. The van der Waals surface area contributed by atoms with Gasteiger partial charge in [0.25, 0.3) is 0 Å². The number of carbonyl (C=O) groups is 2. The van der Waals surface area contributed by atoms with Crippen molar-refractivity contribution in [1.82, 2.24) is 20.0 Å². The van der Waals surface area contributed by atoms with Crippen molar-refractivity contribution in [1.29, 1.82) is 0 Å². The molecule has 2 heterocycles. The average Bonchev–Trinajstić information content (AvgIpc) is 2.70. The molecule has 0 radical (unpaired) electrons. The van der Waals surface area contributed by atoms with E-state index in [2.05, 4.69) is 26.3 Å². The Labute approximate surface area is 126 Å². The van der Waals surface area contributed by atoms with Gasteiger partial charge in [0, 0.05) is 7.05 Å². The van der Waals surface area contributed by atoms with Gasteiger partial charge < -0.3 is 0 Å². The molecule has 110 valence electrons. The van der Waals surface area contributed by atoms with Gasteiger partial charge in [-0.15, -0.1) is 0 Å². The van der Waals surface area contributed by atoms with Gasteiger partial charge in [0.15, 0.2) is 0 Å². The summed E-state index contributed by atoms with van der Waals surface area (Å²) >= 11 is 3.51. The van der Waals surface area contributed by atoms with Crippen LogP contribution < -0.4 is 5.32 Å². The molecule has 0 aliphatic carbocycles. The molecule has 2 rings (SSSR count). The zero-order valence-corrected chi connectivity index (χ0v) is 13.5. The third-order valence-electron chi connectivity index (χ3n) is 3.58. The first-order chi connectivity index (χ1) is 9.49. The topological polar surface area (TPSA) is 67.2 Å². The van der Waals surface area contributed by atoms with Crippen molar-refractivity contribution in [2.75, 3.05) is 6.54 Å². The minimum atomic E-state index is -0.273. The quantitative estimate of drug-likeness (QED) is 0.828. The van der Waals surface area contributed by atoms with E-state index in [-0.39, 0.29) is 30.9 Å². The van der Waals surface area contributed by atoms with E-state index >= 15 is 0 Å². The lowest BCUT2D eigenvalue weighted by atomic mass is 10.1. The number of hydrogen-bond donors (Lipinski definition) is 1. The van der Waals surface area contributed by atoms with Crippen LogP contribution in [0.15, 0.2) is 4.47 Å². The van der Waals surface area contributed by atoms with Crippen LogP contribution in [0.1, 0.15) is 31.7 Å². The van der Waals surface area contributed by atoms with E-state index < -0.39 is 0 Å². The van der Waals surface area contributed by atoms with Crippen LogP contribution in [0, 0.1) is 0 Å². The van der Waals surface area contributed by atoms with Gasteiger partial charge in [0.05, 0.1) is 35.0 Å². The van der Waals surface area contributed by atoms with Crippen LogP contribution in [-0.2, 0) is 29.6 Å². The smallest absolute Gasteiger partial charge is 0.246 e. The van der Waals surface area contributed by atoms with Gasteiger partial charge in [0.1, 0.15) is 0 Å². The molecular weight excluding hydrogens is 324 g/mol. The molecule has 1 N–H and O–H groups in total. The van der Waals surface area contributed by atoms with Crippen LogP contribution in [0.3, 0.4) is 0 Å². The van der Waals surface area contributed by atoms with Gasteiger partial charge in [0.2, 0.25) is 11.8 Å². The number of amides is 2. The van der Waals surface area contributed by atoms with Crippen molar-refractivity contribution in [3.63, 3.8) is 0 Å². The molecule has 0 aromatic carbocycles. The lowest BCUT2D eigenvalue weighted by Crippen LogP contribution is -2.57. The number of rotatable bonds is 4. The summed E-state index contributed by atoms with van der Waals surface area (Å²) in [6.45, 7) is 4.42. The van der Waals surface area contributed by atoms with Crippen LogP contribution in [0.5, 0.6) is 0 Å². The predicted octanol–water partition coefficient (Wildman–Crippen LogP) is 0.982. The summed E-state index contributed by atoms with van der Waals surface area (Å²) in [7, 11) is 1.83. The summed E-state index contributed by atoms with van der Waals surface area (Å²) in [5, 5.41) is 7.34. The number of aryl methyl sites for hydroxylation is 2. The van der Waals surface area contributed by atoms with E-state index in [9.17, 15) is 9.59 Å². The maximum absolute atomic E-state index is 12.3. The lowest BCUT2D eigenvalue weighted by Gasteiger charge is -2.31. The van der Waals surface area contributed by atoms with Crippen LogP contribution in [0.2, 0.25) is 0 Å². The second-order valence-electron chi connectivity index (χ2n) is 4.84. The molecule has 1 unspecified atom stereocenters. The number of carbonyl (C=O) groups excluding carboxylic acids is 2. The largest absolute Gasteiger partial charge is 0.297 e. The van der Waals surface area contributed by atoms with Crippen molar-refractivity contribution >= 4 is 27.7 Å². The average molecular weight is 343 g/mol. The SMILES string of the molecule is CCc1nn(C)c(CN2C(=O)CNC(CC)C2=O)c1Br. The Balaban J connectivity index is 2.26. The zero-order valence-electron chi connectivity index (χ0n) is 11.9. The number of aromatic nitrogens is 2. The minimum Gasteiger partial charge on any atom is -0.297 e. The van der Waals surface area contributed by atoms with Crippen LogP contribution in [0.4, 0.5) is 0 Å². The highest BCUT2D eigenvalue weighted by Crippen LogP contribution is 2.23. The summed E-state index contributed by atoms with van der Waals surface area (Å²) in [4.78, 5) is 25.6. The van der Waals surface area contributed by atoms with Crippen molar-refractivity contribution in [3.05, 3.63) is 15.9 Å². The molecule has 0 spiro atoms. The summed E-state index contributed by atoms with van der Waals surface area (Å²) in [6, 6.07) is -0.273. The lowest BCUT2D eigenvalue weighted by molar-refractivity contribution is -0.150. The molecule has 0 saturated carbocycles. The number of nitrogens with zero attached hydrogens (tertiary/aromatic N) is 3. The molecule has 1 aliphatic heterocycles. The molecule has 6 nitrogen and oxygen atoms in total. The molecule has 1 saturated heterocycles. The maximum atomic E-state index is 12.3. The summed E-state index contributed by atoms with van der Waals surface area (Å²) in [5.41, 5.74) is 1.78. The minimum absolute atomic E-state index is 0.158. The fourth-order valence-electron chi connectivity index (χ4n) is 2.33. The Morgan fingerprint density at radius 2 is 2.10 bits per heavy atom. The van der Waals surface area contributed by atoms with Crippen molar-refractivity contribution in [3.8, 4) is 0 Å². The highest BCUT2D eigenvalue weighted by Gasteiger charge is 2.33. The van der Waals surface area contributed by atoms with Gasteiger partial charge in [-0.1, -0.05) is 13.8 Å². The van der Waals surface area contributed by atoms with Gasteiger partial charge in [-0.3, -0.25) is 24.5 Å². The molecule has 1 atom stereocenters. The Morgan fingerprint density at radius 3 is 2.65 bits per heavy atom. The fourth-order valence-corrected chi connectivity index (χ4v) is 3.07. The Morgan fingerprint density at radius 1 is 1.40 bits per heavy atom. The second kappa shape index (κ2) is 6.05. The van der Waals surface area contributed by atoms with Gasteiger partial charge >= 0.3 is 0 Å². The summed E-state index contributed by atoms with van der Waals surface area (Å²) < 4.78 is 2.61. The summed E-state index contributed by atoms with van der Waals surface area (Å²) in [6.07, 6.45) is 1.48. The van der Waals surface area contributed by atoms with E-state index in [1.54, 1.807) is 4.68 Å². The first-order valence-corrected chi connectivity index (χ1v) is 7.56. The van der Waals surface area contributed by atoms with Crippen molar-refractivity contribution in [2.45, 2.75) is 39.3 Å². The normalized spacial score (nSPS) is 19.8. The number of nitrogens with one attached hydrogen (secondary N) is 1. The van der Waals surface area contributed by atoms with Crippen LogP contribution >= 0.6 is 15.9 Å². The highest BCUT2D eigenvalue weighted by molar-refractivity contribution is 9.10. The van der Waals surface area contributed by atoms with Crippen LogP contribution in [-0.4, -0.2) is 39.1 Å². The van der Waals surface area contributed by atoms with Gasteiger partial charge in [-0.2, -0.15) is 5.10 Å². The Bertz CT molecular complexity index is 541. The van der Waals surface area contributed by atoms with E-state index in [0.29, 0.717) is 6.42 Å². The third-order valence-corrected chi connectivity index (χ3v) is 4.50. The number of piperazine rings is 1. The third kappa shape index (κ3) is 2.64. The number of hydrogen-bond acceptors (Lipinski definition) is 4. The Hall–Kier alpha value is -1.21. The molecule has 0 bridgehead atoms. The van der Waals surface area contributed by atoms with E-state index in [1.165, 1.54) is 4.90 Å². The molecule has 1 aromatic rings. The van der Waals surface area contributed by atoms with E-state index in [0.717, 1.165) is 22.3 Å². The standard InChI is InChI=1S/C13H19BrN4O2/c1-4-8-12(14)10(17(3)16-8)7-18-11(19)6-15-9(5-2)13(18)20/h9,15H,4-7H2,1-3H3. The van der Waals surface area contributed by atoms with Crippen molar-refractivity contribution < 1.29 is 9.59 Å². The first-order valence-electron chi connectivity index (χ1n) is 6.77. The van der Waals surface area contributed by atoms with E-state index in [1.807, 2.05) is 20.9 Å². The van der Waals surface area contributed by atoms with Gasteiger partial charge in [-0.25, -0.2) is 0 Å². The van der Waals surface area contributed by atoms with E-state index in [4.69, 9.17) is 0 Å². The summed E-state index contributed by atoms with van der Waals surface area (Å²) in [5.74, 6) is -0.347. The molecule has 1 fully saturated rings. The maximum Gasteiger partial charge on any atom is 0.246 e.